The summed E-state index contributed by atoms with van der Waals surface area (Å²) in [5.41, 5.74) is 0. The molecule has 0 spiro atoms. The molecule has 0 aromatic rings. The quantitative estimate of drug-likeness (QED) is 0.703. The number of hydrogen-bond donors (Lipinski definition) is 1. The first-order valence-corrected chi connectivity index (χ1v) is 5.14. The fourth-order valence-corrected chi connectivity index (χ4v) is 1.81. The molecule has 4 nitrogen and oxygen atoms in total. The maximum Gasteiger partial charge on any atom is 0.237 e. The van der Waals surface area contributed by atoms with Crippen LogP contribution in [0.1, 0.15) is 27.2 Å². The summed E-state index contributed by atoms with van der Waals surface area (Å²) in [4.78, 5) is 24.8. The molecule has 0 saturated carbocycles. The normalized spacial score (nSPS) is 25.6. The van der Waals surface area contributed by atoms with Crippen molar-refractivity contribution in [3.63, 3.8) is 0 Å². The van der Waals surface area contributed by atoms with Crippen molar-refractivity contribution in [2.24, 2.45) is 0 Å². The Morgan fingerprint density at radius 2 is 2.36 bits per heavy atom. The summed E-state index contributed by atoms with van der Waals surface area (Å²) in [5.74, 6) is 0.221. The lowest BCUT2D eigenvalue weighted by atomic mass is 10.1. The minimum Gasteiger partial charge on any atom is -0.353 e. The van der Waals surface area contributed by atoms with Crippen molar-refractivity contribution in [2.45, 2.75) is 39.3 Å². The van der Waals surface area contributed by atoms with Crippen LogP contribution in [0.15, 0.2) is 0 Å². The lowest BCUT2D eigenvalue weighted by molar-refractivity contribution is -0.133. The predicted octanol–water partition coefficient (Wildman–Crippen LogP) is 0.174. The van der Waals surface area contributed by atoms with Gasteiger partial charge in [0.25, 0.3) is 0 Å². The number of Topliss-reactive ketones (excluding diaryl/α,β-unsaturated/α-hetero) is 1. The Bertz CT molecular complexity index is 240. The number of nitrogens with zero attached hydrogens (tertiary/aromatic N) is 1. The number of nitrogens with one attached hydrogen (secondary N) is 1. The van der Waals surface area contributed by atoms with E-state index in [1.807, 2.05) is 25.7 Å². The molecule has 1 aliphatic heterocycles. The predicted molar refractivity (Wildman–Crippen MR) is 53.9 cm³/mol. The smallest absolute Gasteiger partial charge is 0.237 e. The van der Waals surface area contributed by atoms with Crippen molar-refractivity contribution in [3.8, 4) is 0 Å². The molecule has 0 bridgehead atoms. The summed E-state index contributed by atoms with van der Waals surface area (Å²) in [6.07, 6.45) is 0.534. The third-order valence-corrected chi connectivity index (χ3v) is 2.86. The first-order chi connectivity index (χ1) is 6.57. The molecule has 1 heterocycles. The van der Waals surface area contributed by atoms with Crippen molar-refractivity contribution in [2.75, 3.05) is 13.1 Å². The molecule has 1 aliphatic rings. The highest BCUT2D eigenvalue weighted by Crippen LogP contribution is 2.10. The Labute approximate surface area is 84.7 Å². The van der Waals surface area contributed by atoms with E-state index in [1.165, 1.54) is 0 Å². The zero-order chi connectivity index (χ0) is 10.7. The van der Waals surface area contributed by atoms with Crippen LogP contribution >= 0.6 is 0 Å². The molecular weight excluding hydrogens is 180 g/mol. The van der Waals surface area contributed by atoms with Crippen molar-refractivity contribution in [3.05, 3.63) is 0 Å². The van der Waals surface area contributed by atoms with E-state index in [1.54, 1.807) is 0 Å². The number of carbonyl (C=O) groups excluding carboxylic acids is 2. The van der Waals surface area contributed by atoms with Gasteiger partial charge in [0.2, 0.25) is 5.91 Å². The van der Waals surface area contributed by atoms with Crippen LogP contribution in [0.5, 0.6) is 0 Å². The maximum absolute atomic E-state index is 11.5. The van der Waals surface area contributed by atoms with Crippen LogP contribution in [-0.4, -0.2) is 41.8 Å². The number of rotatable bonds is 3. The molecule has 80 valence electrons. The Balaban J connectivity index is 2.66. The van der Waals surface area contributed by atoms with E-state index in [0.29, 0.717) is 13.0 Å². The summed E-state index contributed by atoms with van der Waals surface area (Å²) in [6, 6.07) is -0.324. The van der Waals surface area contributed by atoms with Crippen LogP contribution < -0.4 is 5.32 Å². The minimum absolute atomic E-state index is 0.0204. The third-order valence-electron chi connectivity index (χ3n) is 2.86. The fourth-order valence-electron chi connectivity index (χ4n) is 1.81. The highest BCUT2D eigenvalue weighted by Gasteiger charge is 2.31. The Morgan fingerprint density at radius 3 is 2.93 bits per heavy atom. The van der Waals surface area contributed by atoms with Gasteiger partial charge in [-0.25, -0.2) is 0 Å². The van der Waals surface area contributed by atoms with Crippen LogP contribution in [0.2, 0.25) is 0 Å². The van der Waals surface area contributed by atoms with Gasteiger partial charge < -0.3 is 5.32 Å². The van der Waals surface area contributed by atoms with E-state index in [2.05, 4.69) is 5.32 Å². The molecule has 0 aromatic heterocycles. The van der Waals surface area contributed by atoms with Gasteiger partial charge in [-0.15, -0.1) is 0 Å². The number of hydrogen-bond acceptors (Lipinski definition) is 3. The number of carbonyl (C=O) groups is 2. The summed E-state index contributed by atoms with van der Waals surface area (Å²) in [6.45, 7) is 6.98. The molecule has 0 aliphatic carbocycles. The second-order valence-electron chi connectivity index (χ2n) is 3.70. The van der Waals surface area contributed by atoms with E-state index in [-0.39, 0.29) is 23.8 Å². The SMILES string of the molecule is CCC(=O)C(C)N1CCNC(=O)C1C. The van der Waals surface area contributed by atoms with Gasteiger partial charge in [0.1, 0.15) is 5.78 Å². The molecule has 1 N–H and O–H groups in total. The van der Waals surface area contributed by atoms with Gasteiger partial charge in [0, 0.05) is 19.5 Å². The molecule has 1 amide bonds. The molecule has 4 heteroatoms. The van der Waals surface area contributed by atoms with Crippen molar-refractivity contribution in [1.82, 2.24) is 10.2 Å². The first-order valence-electron chi connectivity index (χ1n) is 5.14. The molecule has 2 unspecified atom stereocenters. The Kier molecular flexibility index (Phi) is 3.63. The largest absolute Gasteiger partial charge is 0.353 e. The summed E-state index contributed by atoms with van der Waals surface area (Å²) >= 11 is 0. The number of amides is 1. The summed E-state index contributed by atoms with van der Waals surface area (Å²) in [7, 11) is 0. The van der Waals surface area contributed by atoms with E-state index in [9.17, 15) is 9.59 Å². The van der Waals surface area contributed by atoms with Gasteiger partial charge in [-0.2, -0.15) is 0 Å². The lowest BCUT2D eigenvalue weighted by Gasteiger charge is -2.36. The molecule has 0 radical (unpaired) electrons. The molecule has 1 fully saturated rings. The van der Waals surface area contributed by atoms with Crippen LogP contribution in [0, 0.1) is 0 Å². The Morgan fingerprint density at radius 1 is 1.71 bits per heavy atom. The number of piperazine rings is 1. The molecule has 14 heavy (non-hydrogen) atoms. The highest BCUT2D eigenvalue weighted by atomic mass is 16.2. The van der Waals surface area contributed by atoms with Crippen LogP contribution in [0.3, 0.4) is 0 Å². The van der Waals surface area contributed by atoms with Gasteiger partial charge in [0.15, 0.2) is 0 Å². The molecule has 2 atom stereocenters. The Hall–Kier alpha value is -0.900. The van der Waals surface area contributed by atoms with Crippen molar-refractivity contribution < 1.29 is 9.59 Å². The zero-order valence-electron chi connectivity index (χ0n) is 9.04. The van der Waals surface area contributed by atoms with Crippen LogP contribution in [0.4, 0.5) is 0 Å². The standard InChI is InChI=1S/C10H18N2O2/c1-4-9(13)7(2)12-6-5-11-10(14)8(12)3/h7-8H,4-6H2,1-3H3,(H,11,14). The fraction of sp³-hybridized carbons (Fsp3) is 0.800. The minimum atomic E-state index is -0.186. The van der Waals surface area contributed by atoms with Crippen molar-refractivity contribution >= 4 is 11.7 Å². The van der Waals surface area contributed by atoms with Gasteiger partial charge in [-0.05, 0) is 13.8 Å². The summed E-state index contributed by atoms with van der Waals surface area (Å²) in [5, 5.41) is 2.78. The topological polar surface area (TPSA) is 49.4 Å². The van der Waals surface area contributed by atoms with Gasteiger partial charge in [-0.3, -0.25) is 14.5 Å². The average Bonchev–Trinajstić information content (AvgIpc) is 2.20. The lowest BCUT2D eigenvalue weighted by Crippen LogP contribution is -2.58. The van der Waals surface area contributed by atoms with Crippen molar-refractivity contribution in [1.29, 1.82) is 0 Å². The molecule has 1 saturated heterocycles. The zero-order valence-corrected chi connectivity index (χ0v) is 9.04. The third kappa shape index (κ3) is 2.12. The molecule has 1 rings (SSSR count). The maximum atomic E-state index is 11.5. The van der Waals surface area contributed by atoms with E-state index < -0.39 is 0 Å². The van der Waals surface area contributed by atoms with E-state index in [0.717, 1.165) is 6.54 Å². The first kappa shape index (κ1) is 11.2. The van der Waals surface area contributed by atoms with Crippen LogP contribution in [-0.2, 0) is 9.59 Å². The average molecular weight is 198 g/mol. The number of ketones is 1. The second-order valence-corrected chi connectivity index (χ2v) is 3.70. The van der Waals surface area contributed by atoms with Crippen LogP contribution in [0.25, 0.3) is 0 Å². The monoisotopic (exact) mass is 198 g/mol. The summed E-state index contributed by atoms with van der Waals surface area (Å²) < 4.78 is 0. The van der Waals surface area contributed by atoms with E-state index >= 15 is 0 Å². The highest BCUT2D eigenvalue weighted by molar-refractivity contribution is 5.86. The van der Waals surface area contributed by atoms with E-state index in [4.69, 9.17) is 0 Å². The molecule has 0 aromatic carbocycles. The van der Waals surface area contributed by atoms with Gasteiger partial charge in [0.05, 0.1) is 12.1 Å². The van der Waals surface area contributed by atoms with Gasteiger partial charge in [-0.1, -0.05) is 6.92 Å². The molecular formula is C10H18N2O2. The van der Waals surface area contributed by atoms with Gasteiger partial charge >= 0.3 is 0 Å². The second kappa shape index (κ2) is 4.55.